The molecular weight excluding hydrogens is 422 g/mol. The number of anilines is 1. The number of aromatic amines is 1. The normalized spacial score (nSPS) is 16.8. The van der Waals surface area contributed by atoms with Crippen LogP contribution in [0.25, 0.3) is 22.0 Å². The Labute approximate surface area is 200 Å². The highest BCUT2D eigenvalue weighted by atomic mass is 16.2. The fourth-order valence-electron chi connectivity index (χ4n) is 5.53. The van der Waals surface area contributed by atoms with E-state index in [0.717, 1.165) is 66.4 Å². The first-order valence-electron chi connectivity index (χ1n) is 11.7. The summed E-state index contributed by atoms with van der Waals surface area (Å²) in [6.07, 6.45) is 11.3. The van der Waals surface area contributed by atoms with Gasteiger partial charge in [-0.3, -0.25) is 4.79 Å². The van der Waals surface area contributed by atoms with Gasteiger partial charge in [-0.2, -0.15) is 0 Å². The summed E-state index contributed by atoms with van der Waals surface area (Å²) in [6.45, 7) is 1.72. The van der Waals surface area contributed by atoms with Crippen molar-refractivity contribution in [3.05, 3.63) is 77.7 Å². The molecule has 34 heavy (non-hydrogen) atoms. The number of carbonyl (C=O) groups is 1. The lowest BCUT2D eigenvalue weighted by molar-refractivity contribution is 0.0794. The van der Waals surface area contributed by atoms with Gasteiger partial charge in [0.1, 0.15) is 0 Å². The highest BCUT2D eigenvalue weighted by molar-refractivity contribution is 6.06. The van der Waals surface area contributed by atoms with Crippen LogP contribution in [0.1, 0.15) is 61.0 Å². The molecule has 0 atom stereocenters. The molecule has 1 saturated heterocycles. The van der Waals surface area contributed by atoms with Crippen molar-refractivity contribution >= 4 is 22.8 Å². The quantitative estimate of drug-likeness (QED) is 0.424. The molecule has 0 radical (unpaired) electrons. The van der Waals surface area contributed by atoms with Crippen molar-refractivity contribution in [1.29, 1.82) is 0 Å². The van der Waals surface area contributed by atoms with Gasteiger partial charge in [0.2, 0.25) is 5.95 Å². The number of aromatic nitrogens is 3. The number of benzene rings is 2. The molecule has 1 saturated carbocycles. The SMILES string of the molecule is C.Nc1ncc(-c2ccc(C3(c4c[nH]c5c(C(=O)N6CCCC6)cccc45)CCC3)cc2)cn1. The molecule has 0 bridgehead atoms. The molecule has 2 aliphatic rings. The molecule has 2 fully saturated rings. The van der Waals surface area contributed by atoms with Gasteiger partial charge in [-0.25, -0.2) is 9.97 Å². The van der Waals surface area contributed by atoms with Gasteiger partial charge < -0.3 is 15.6 Å². The molecule has 6 nitrogen and oxygen atoms in total. The largest absolute Gasteiger partial charge is 0.368 e. The van der Waals surface area contributed by atoms with Gasteiger partial charge >= 0.3 is 0 Å². The van der Waals surface area contributed by atoms with E-state index in [1.54, 1.807) is 12.4 Å². The van der Waals surface area contributed by atoms with Crippen LogP contribution in [0, 0.1) is 0 Å². The molecule has 2 aromatic carbocycles. The third kappa shape index (κ3) is 3.45. The van der Waals surface area contributed by atoms with Crippen molar-refractivity contribution < 1.29 is 4.79 Å². The highest BCUT2D eigenvalue weighted by Gasteiger charge is 2.42. The number of nitrogens with one attached hydrogen (secondary N) is 1. The van der Waals surface area contributed by atoms with Gasteiger partial charge in [0.05, 0.1) is 11.1 Å². The molecule has 6 rings (SSSR count). The lowest BCUT2D eigenvalue weighted by atomic mass is 9.60. The average Bonchev–Trinajstić information content (AvgIpc) is 3.50. The summed E-state index contributed by atoms with van der Waals surface area (Å²) in [5, 5.41) is 1.16. The predicted molar refractivity (Wildman–Crippen MR) is 137 cm³/mol. The molecule has 4 aromatic rings. The van der Waals surface area contributed by atoms with Crippen LogP contribution >= 0.6 is 0 Å². The number of nitrogen functional groups attached to an aromatic ring is 1. The second kappa shape index (κ2) is 8.60. The molecule has 0 unspecified atom stereocenters. The zero-order valence-corrected chi connectivity index (χ0v) is 18.6. The second-order valence-corrected chi connectivity index (χ2v) is 9.27. The van der Waals surface area contributed by atoms with Crippen LogP contribution in [0.5, 0.6) is 0 Å². The number of hydrogen-bond acceptors (Lipinski definition) is 4. The Balaban J connectivity index is 0.00000241. The van der Waals surface area contributed by atoms with Gasteiger partial charge in [0, 0.05) is 48.0 Å². The van der Waals surface area contributed by atoms with Crippen LogP contribution in [0.4, 0.5) is 5.95 Å². The number of H-pyrrole nitrogens is 1. The van der Waals surface area contributed by atoms with E-state index in [1.807, 2.05) is 17.0 Å². The van der Waals surface area contributed by atoms with Crippen molar-refractivity contribution in [2.75, 3.05) is 18.8 Å². The fraction of sp³-hybridized carbons (Fsp3) is 0.321. The third-order valence-corrected chi connectivity index (χ3v) is 7.50. The number of nitrogens with zero attached hydrogens (tertiary/aromatic N) is 3. The van der Waals surface area contributed by atoms with E-state index in [9.17, 15) is 4.79 Å². The first-order valence-corrected chi connectivity index (χ1v) is 11.7. The molecule has 6 heteroatoms. The van der Waals surface area contributed by atoms with Gasteiger partial charge in [-0.05, 0) is 48.4 Å². The molecule has 3 N–H and O–H groups in total. The third-order valence-electron chi connectivity index (χ3n) is 7.50. The van der Waals surface area contributed by atoms with E-state index < -0.39 is 0 Å². The van der Waals surface area contributed by atoms with Crippen molar-refractivity contribution in [3.8, 4) is 11.1 Å². The van der Waals surface area contributed by atoms with Crippen LogP contribution in [0.15, 0.2) is 61.1 Å². The maximum atomic E-state index is 13.2. The molecule has 1 aliphatic heterocycles. The van der Waals surface area contributed by atoms with E-state index in [4.69, 9.17) is 5.73 Å². The van der Waals surface area contributed by atoms with Crippen molar-refractivity contribution in [1.82, 2.24) is 19.9 Å². The fourth-order valence-corrected chi connectivity index (χ4v) is 5.53. The second-order valence-electron chi connectivity index (χ2n) is 9.27. The predicted octanol–water partition coefficient (Wildman–Crippen LogP) is 5.55. The minimum Gasteiger partial charge on any atom is -0.368 e. The molecule has 2 aromatic heterocycles. The number of rotatable bonds is 4. The molecule has 3 heterocycles. The van der Waals surface area contributed by atoms with Crippen molar-refractivity contribution in [2.45, 2.75) is 44.9 Å². The number of nitrogens with two attached hydrogens (primary N) is 1. The zero-order chi connectivity index (χ0) is 22.4. The summed E-state index contributed by atoms with van der Waals surface area (Å²) in [5.74, 6) is 0.426. The minimum absolute atomic E-state index is 0. The average molecular weight is 454 g/mol. The topological polar surface area (TPSA) is 87.9 Å². The van der Waals surface area contributed by atoms with E-state index >= 15 is 0 Å². The van der Waals surface area contributed by atoms with Crippen LogP contribution in [-0.2, 0) is 5.41 Å². The van der Waals surface area contributed by atoms with E-state index in [2.05, 4.69) is 51.5 Å². The van der Waals surface area contributed by atoms with Gasteiger partial charge in [0.15, 0.2) is 0 Å². The lowest BCUT2D eigenvalue weighted by Gasteiger charge is -2.43. The smallest absolute Gasteiger partial charge is 0.255 e. The summed E-state index contributed by atoms with van der Waals surface area (Å²) in [7, 11) is 0. The highest BCUT2D eigenvalue weighted by Crippen LogP contribution is 2.51. The minimum atomic E-state index is -0.0241. The van der Waals surface area contributed by atoms with Crippen LogP contribution in [0.3, 0.4) is 0 Å². The Kier molecular flexibility index (Phi) is 5.60. The summed E-state index contributed by atoms with van der Waals surface area (Å²) >= 11 is 0. The Morgan fingerprint density at radius 3 is 2.29 bits per heavy atom. The number of para-hydroxylation sites is 1. The van der Waals surface area contributed by atoms with Gasteiger partial charge in [-0.1, -0.05) is 50.2 Å². The number of amides is 1. The molecule has 1 amide bonds. The summed E-state index contributed by atoms with van der Waals surface area (Å²) in [6, 6.07) is 14.9. The number of hydrogen-bond donors (Lipinski definition) is 2. The maximum Gasteiger partial charge on any atom is 0.255 e. The Morgan fingerprint density at radius 2 is 1.65 bits per heavy atom. The van der Waals surface area contributed by atoms with Crippen LogP contribution in [0.2, 0.25) is 0 Å². The lowest BCUT2D eigenvalue weighted by Crippen LogP contribution is -2.35. The van der Waals surface area contributed by atoms with Gasteiger partial charge in [0.25, 0.3) is 5.91 Å². The standard InChI is InChI=1S/C27H27N5O.CH4/c28-26-30-15-19(16-31-26)18-7-9-20(10-8-18)27(11-4-12-27)23-17-29-24-21(23)5-3-6-22(24)25(33)32-13-1-2-14-32;/h3,5-10,15-17,29H,1-2,4,11-14H2,(H2,28,30,31);1H4. The summed E-state index contributed by atoms with van der Waals surface area (Å²) < 4.78 is 0. The monoisotopic (exact) mass is 453 g/mol. The summed E-state index contributed by atoms with van der Waals surface area (Å²) in [4.78, 5) is 26.8. The number of fused-ring (bicyclic) bond motifs is 1. The van der Waals surface area contributed by atoms with Crippen LogP contribution in [-0.4, -0.2) is 38.8 Å². The zero-order valence-electron chi connectivity index (χ0n) is 18.6. The van der Waals surface area contributed by atoms with Crippen molar-refractivity contribution in [2.24, 2.45) is 0 Å². The molecular formula is C28H31N5O. The first kappa shape index (κ1) is 22.1. The number of likely N-dealkylation sites (tertiary alicyclic amines) is 1. The van der Waals surface area contributed by atoms with Gasteiger partial charge in [-0.15, -0.1) is 0 Å². The van der Waals surface area contributed by atoms with E-state index in [1.165, 1.54) is 17.5 Å². The molecule has 174 valence electrons. The Hall–Kier alpha value is -3.67. The summed E-state index contributed by atoms with van der Waals surface area (Å²) in [5.41, 5.74) is 12.0. The Morgan fingerprint density at radius 1 is 0.941 bits per heavy atom. The van der Waals surface area contributed by atoms with Crippen LogP contribution < -0.4 is 5.73 Å². The number of carbonyl (C=O) groups excluding carboxylic acids is 1. The van der Waals surface area contributed by atoms with E-state index in [0.29, 0.717) is 0 Å². The maximum absolute atomic E-state index is 13.2. The molecule has 1 aliphatic carbocycles. The van der Waals surface area contributed by atoms with Crippen molar-refractivity contribution in [3.63, 3.8) is 0 Å². The first-order chi connectivity index (χ1) is 16.2. The Bertz CT molecular complexity index is 1310. The van der Waals surface area contributed by atoms with E-state index in [-0.39, 0.29) is 24.7 Å². The molecule has 0 spiro atoms.